The molecule has 0 heterocycles. The fraction of sp³-hybridized carbons (Fsp3) is 0.920. The maximum absolute atomic E-state index is 14.0. The molecule has 256 valence electrons. The highest BCUT2D eigenvalue weighted by molar-refractivity contribution is 8.00. The van der Waals surface area contributed by atoms with Crippen molar-refractivity contribution >= 4 is 23.7 Å². The normalized spacial score (nSPS) is 14.6. The molecule has 0 aromatic rings. The van der Waals surface area contributed by atoms with Crippen molar-refractivity contribution in [1.82, 2.24) is 0 Å². The summed E-state index contributed by atoms with van der Waals surface area (Å²) in [5.74, 6) is -38.0. The van der Waals surface area contributed by atoms with Gasteiger partial charge in [0.15, 0.2) is 0 Å². The summed E-state index contributed by atoms with van der Waals surface area (Å²) in [5.41, 5.74) is 0. The molecule has 0 aliphatic carbocycles. The molecule has 0 aromatic heterocycles. The van der Waals surface area contributed by atoms with Crippen LogP contribution in [0.3, 0.4) is 0 Å². The van der Waals surface area contributed by atoms with E-state index in [1.807, 2.05) is 6.92 Å². The van der Waals surface area contributed by atoms with Gasteiger partial charge in [0.1, 0.15) is 5.25 Å². The van der Waals surface area contributed by atoms with E-state index in [0.29, 0.717) is 17.4 Å². The first kappa shape index (κ1) is 41.4. The largest absolute Gasteiger partial charge is 0.466 e. The summed E-state index contributed by atoms with van der Waals surface area (Å²) in [6, 6.07) is 0. The molecule has 0 saturated heterocycles. The zero-order chi connectivity index (χ0) is 33.9. The molecule has 0 aromatic carbocycles. The minimum atomic E-state index is -7.66. The van der Waals surface area contributed by atoms with Crippen molar-refractivity contribution < 1.29 is 76.2 Å². The van der Waals surface area contributed by atoms with Crippen molar-refractivity contribution in [3.63, 3.8) is 0 Å². The van der Waals surface area contributed by atoms with Gasteiger partial charge < -0.3 is 14.0 Å². The predicted octanol–water partition coefficient (Wildman–Crippen LogP) is 7.46. The van der Waals surface area contributed by atoms with Crippen LogP contribution in [0.2, 0.25) is 0 Å². The minimum Gasteiger partial charge on any atom is -0.466 e. The molecule has 1 unspecified atom stereocenters. The Labute approximate surface area is 246 Å². The summed E-state index contributed by atoms with van der Waals surface area (Å²) in [6.07, 6.45) is -3.55. The van der Waals surface area contributed by atoms with E-state index >= 15 is 0 Å². The van der Waals surface area contributed by atoms with E-state index in [4.69, 9.17) is 4.74 Å². The Morgan fingerprint density at radius 1 is 0.744 bits per heavy atom. The Morgan fingerprint density at radius 3 is 1.79 bits per heavy atom. The summed E-state index contributed by atoms with van der Waals surface area (Å²) in [5, 5.41) is -1.42. The summed E-state index contributed by atoms with van der Waals surface area (Å²) in [4.78, 5) is 24.7. The lowest BCUT2D eigenvalue weighted by Crippen LogP contribution is -2.68. The molecule has 0 fully saturated rings. The van der Waals surface area contributed by atoms with Crippen LogP contribution in [0.25, 0.3) is 0 Å². The van der Waals surface area contributed by atoms with Gasteiger partial charge in [-0.15, -0.1) is 11.8 Å². The molecule has 18 heteroatoms. The number of carbonyl (C=O) groups is 2. The number of quaternary nitrogens is 1. The van der Waals surface area contributed by atoms with Gasteiger partial charge >= 0.3 is 48.0 Å². The third-order valence-electron chi connectivity index (χ3n) is 6.06. The van der Waals surface area contributed by atoms with Crippen molar-refractivity contribution in [1.29, 1.82) is 0 Å². The summed E-state index contributed by atoms with van der Waals surface area (Å²) in [7, 11) is 5.34. The van der Waals surface area contributed by atoms with Crippen LogP contribution < -0.4 is 0 Å². The highest BCUT2D eigenvalue weighted by atomic mass is 32.2. The number of unbranched alkanes of at least 4 members (excludes halogenated alkanes) is 5. The van der Waals surface area contributed by atoms with Gasteiger partial charge in [-0.1, -0.05) is 39.0 Å². The Balaban J connectivity index is 5.41. The average molecular weight is 677 g/mol. The van der Waals surface area contributed by atoms with Crippen LogP contribution in [0.4, 0.5) is 52.7 Å². The molecule has 0 amide bonds. The summed E-state index contributed by atoms with van der Waals surface area (Å²) < 4.78 is 170. The number of esters is 2. The number of rotatable bonds is 22. The van der Waals surface area contributed by atoms with Gasteiger partial charge in [0, 0.05) is 5.75 Å². The first-order valence-corrected chi connectivity index (χ1v) is 14.4. The standard InChI is InChI=1S/C25H38F12NO4S/c1-5-6-7-8-9-10-13-41-18(39)16-17(43-15-12-38(2,3)4)19(40)42-14-11-21(28,29)23(32,33)25(36,37)24(34,35)22(30,31)20(26)27/h17,20H,5-16H2,1-4H3/q+1. The highest BCUT2D eigenvalue weighted by Crippen LogP contribution is 2.58. The molecule has 43 heavy (non-hydrogen) atoms. The van der Waals surface area contributed by atoms with Crippen molar-refractivity contribution in [3.05, 3.63) is 0 Å². The van der Waals surface area contributed by atoms with Gasteiger partial charge in [0.05, 0.1) is 53.7 Å². The summed E-state index contributed by atoms with van der Waals surface area (Å²) >= 11 is 0.814. The molecular weight excluding hydrogens is 638 g/mol. The second-order valence-electron chi connectivity index (χ2n) is 10.8. The van der Waals surface area contributed by atoms with Crippen LogP contribution in [0.5, 0.6) is 0 Å². The maximum atomic E-state index is 14.0. The lowest BCUT2D eigenvalue weighted by Gasteiger charge is -2.39. The SMILES string of the molecule is CCCCCCCCOC(=O)CC(SCC[N+](C)(C)C)C(=O)OCCC(F)(F)C(F)(F)C(F)(F)C(F)(F)C(F)(F)C(F)F. The van der Waals surface area contributed by atoms with Crippen molar-refractivity contribution in [3.8, 4) is 0 Å². The van der Waals surface area contributed by atoms with E-state index in [0.717, 1.165) is 43.9 Å². The zero-order valence-corrected chi connectivity index (χ0v) is 25.0. The van der Waals surface area contributed by atoms with Crippen LogP contribution in [-0.2, 0) is 19.1 Å². The predicted molar refractivity (Wildman–Crippen MR) is 134 cm³/mol. The quantitative estimate of drug-likeness (QED) is 0.0516. The first-order valence-electron chi connectivity index (χ1n) is 13.3. The van der Waals surface area contributed by atoms with Gasteiger partial charge in [0.2, 0.25) is 0 Å². The smallest absolute Gasteiger partial charge is 0.384 e. The number of halogens is 12. The number of nitrogens with zero attached hydrogens (tertiary/aromatic N) is 1. The monoisotopic (exact) mass is 676 g/mol. The van der Waals surface area contributed by atoms with E-state index in [9.17, 15) is 62.3 Å². The van der Waals surface area contributed by atoms with E-state index in [-0.39, 0.29) is 12.4 Å². The molecule has 0 spiro atoms. The minimum absolute atomic E-state index is 0.0149. The second kappa shape index (κ2) is 16.6. The molecule has 0 N–H and O–H groups in total. The van der Waals surface area contributed by atoms with Crippen LogP contribution in [0.15, 0.2) is 0 Å². The first-order chi connectivity index (χ1) is 19.4. The Morgan fingerprint density at radius 2 is 1.28 bits per heavy atom. The molecule has 0 rings (SSSR count). The molecule has 0 aliphatic heterocycles. The van der Waals surface area contributed by atoms with Crippen LogP contribution in [-0.4, -0.2) is 104 Å². The van der Waals surface area contributed by atoms with E-state index in [2.05, 4.69) is 4.74 Å². The second-order valence-corrected chi connectivity index (χ2v) is 12.1. The molecule has 0 aliphatic rings. The summed E-state index contributed by atoms with van der Waals surface area (Å²) in [6.45, 7) is 0.665. The molecule has 5 nitrogen and oxygen atoms in total. The fourth-order valence-electron chi connectivity index (χ4n) is 3.26. The lowest BCUT2D eigenvalue weighted by atomic mass is 9.93. The molecular formula is C25H38F12NO4S+. The van der Waals surface area contributed by atoms with E-state index < -0.39 is 72.7 Å². The Bertz CT molecular complexity index is 870. The number of hydrogen-bond donors (Lipinski definition) is 0. The van der Waals surface area contributed by atoms with Crippen LogP contribution in [0, 0.1) is 0 Å². The van der Waals surface area contributed by atoms with Gasteiger partial charge in [-0.2, -0.15) is 43.9 Å². The maximum Gasteiger partial charge on any atom is 0.384 e. The number of ether oxygens (including phenoxy) is 2. The Kier molecular flexibility index (Phi) is 16.0. The third kappa shape index (κ3) is 11.7. The zero-order valence-electron chi connectivity index (χ0n) is 24.2. The van der Waals surface area contributed by atoms with Crippen LogP contribution >= 0.6 is 11.8 Å². The fourth-order valence-corrected chi connectivity index (χ4v) is 4.66. The number of alkyl halides is 12. The van der Waals surface area contributed by atoms with Crippen molar-refractivity contribution in [2.45, 2.75) is 99.6 Å². The highest BCUT2D eigenvalue weighted by Gasteiger charge is 2.87. The van der Waals surface area contributed by atoms with Crippen molar-refractivity contribution in [2.24, 2.45) is 0 Å². The number of carbonyl (C=O) groups excluding carboxylic acids is 2. The van der Waals surface area contributed by atoms with Crippen molar-refractivity contribution in [2.75, 3.05) is 46.7 Å². The van der Waals surface area contributed by atoms with E-state index in [1.165, 1.54) is 0 Å². The molecule has 1 atom stereocenters. The lowest BCUT2D eigenvalue weighted by molar-refractivity contribution is -0.867. The number of hydrogen-bond acceptors (Lipinski definition) is 5. The van der Waals surface area contributed by atoms with E-state index in [1.54, 1.807) is 21.1 Å². The third-order valence-corrected chi connectivity index (χ3v) is 7.24. The van der Waals surface area contributed by atoms with Gasteiger partial charge in [-0.05, 0) is 6.42 Å². The molecule has 0 radical (unpaired) electrons. The van der Waals surface area contributed by atoms with Gasteiger partial charge in [0.25, 0.3) is 0 Å². The topological polar surface area (TPSA) is 52.6 Å². The van der Waals surface area contributed by atoms with Gasteiger partial charge in [-0.3, -0.25) is 9.59 Å². The average Bonchev–Trinajstić information content (AvgIpc) is 2.86. The molecule has 0 bridgehead atoms. The van der Waals surface area contributed by atoms with Crippen LogP contribution in [0.1, 0.15) is 58.3 Å². The number of thioether (sulfide) groups is 1. The Hall–Kier alpha value is -1.59. The van der Waals surface area contributed by atoms with Gasteiger partial charge in [-0.25, -0.2) is 8.78 Å². The molecule has 0 saturated carbocycles.